The van der Waals surface area contributed by atoms with Crippen molar-refractivity contribution in [2.45, 2.75) is 54.9 Å². The molecule has 0 atom stereocenters. The molecule has 0 saturated heterocycles. The molecule has 0 spiro atoms. The van der Waals surface area contributed by atoms with Crippen LogP contribution in [0.4, 0.5) is 0 Å². The highest BCUT2D eigenvalue weighted by molar-refractivity contribution is 5.09. The van der Waals surface area contributed by atoms with Crippen LogP contribution in [-0.4, -0.2) is 0 Å². The summed E-state index contributed by atoms with van der Waals surface area (Å²) >= 11 is 0. The average Bonchev–Trinajstić information content (AvgIpc) is 2.69. The SMILES string of the molecule is C#C.CC.CC(C)C.CCc1cc(C)co1. The van der Waals surface area contributed by atoms with Crippen LogP contribution in [0.5, 0.6) is 0 Å². The first-order valence-electron chi connectivity index (χ1n) is 5.93. The predicted molar refractivity (Wildman–Crippen MR) is 74.6 cm³/mol. The summed E-state index contributed by atoms with van der Waals surface area (Å²) in [5, 5.41) is 0. The molecule has 0 bridgehead atoms. The second-order valence-corrected chi connectivity index (χ2v) is 3.68. The zero-order chi connectivity index (χ0) is 13.6. The summed E-state index contributed by atoms with van der Waals surface area (Å²) in [6.45, 7) is 14.6. The van der Waals surface area contributed by atoms with Gasteiger partial charge in [0, 0.05) is 6.42 Å². The van der Waals surface area contributed by atoms with Crippen molar-refractivity contribution in [1.82, 2.24) is 0 Å². The van der Waals surface area contributed by atoms with Gasteiger partial charge in [0.05, 0.1) is 6.26 Å². The van der Waals surface area contributed by atoms with Gasteiger partial charge in [0.1, 0.15) is 5.76 Å². The van der Waals surface area contributed by atoms with Crippen molar-refractivity contribution in [3.63, 3.8) is 0 Å². The van der Waals surface area contributed by atoms with Crippen molar-refractivity contribution in [3.8, 4) is 12.8 Å². The molecule has 16 heavy (non-hydrogen) atoms. The van der Waals surface area contributed by atoms with E-state index < -0.39 is 0 Å². The third-order valence-electron chi connectivity index (χ3n) is 1.13. The highest BCUT2D eigenvalue weighted by Crippen LogP contribution is 2.05. The minimum absolute atomic E-state index is 0.833. The Kier molecular flexibility index (Phi) is 20.6. The van der Waals surface area contributed by atoms with E-state index in [1.165, 1.54) is 5.56 Å². The number of hydrogen-bond donors (Lipinski definition) is 0. The van der Waals surface area contributed by atoms with Gasteiger partial charge in [-0.05, 0) is 24.5 Å². The lowest BCUT2D eigenvalue weighted by atomic mass is 10.3. The van der Waals surface area contributed by atoms with E-state index in [1.54, 1.807) is 6.26 Å². The van der Waals surface area contributed by atoms with Crippen LogP contribution < -0.4 is 0 Å². The van der Waals surface area contributed by atoms with Crippen molar-refractivity contribution < 1.29 is 4.42 Å². The number of aryl methyl sites for hydroxylation is 2. The molecular weight excluding hydrogens is 196 g/mol. The molecule has 0 amide bonds. The Morgan fingerprint density at radius 1 is 1.19 bits per heavy atom. The third-order valence-corrected chi connectivity index (χ3v) is 1.13. The molecule has 0 aliphatic heterocycles. The fourth-order valence-electron chi connectivity index (χ4n) is 0.676. The van der Waals surface area contributed by atoms with Crippen molar-refractivity contribution in [3.05, 3.63) is 23.7 Å². The molecule has 0 aliphatic rings. The maximum atomic E-state index is 5.11. The number of furan rings is 1. The summed E-state index contributed by atoms with van der Waals surface area (Å²) in [5.74, 6) is 1.91. The van der Waals surface area contributed by atoms with E-state index in [9.17, 15) is 0 Å². The lowest BCUT2D eigenvalue weighted by Gasteiger charge is -1.79. The summed E-state index contributed by atoms with van der Waals surface area (Å²) in [5.41, 5.74) is 1.21. The predicted octanol–water partition coefficient (Wildman–Crippen LogP) is 5.09. The summed E-state index contributed by atoms with van der Waals surface area (Å²) in [6.07, 6.45) is 10.8. The first-order chi connectivity index (χ1) is 7.56. The molecular formula is C15H28O. The standard InChI is InChI=1S/C7H10O.C4H10.C2H6.C2H2/c1-3-7-4-6(2)5-8-7;1-4(2)3;2*1-2/h4-5H,3H2,1-2H3;4H,1-3H3;1-2H3;1-2H. The fourth-order valence-corrected chi connectivity index (χ4v) is 0.676. The lowest BCUT2D eigenvalue weighted by molar-refractivity contribution is 0.515. The molecule has 0 unspecified atom stereocenters. The maximum absolute atomic E-state index is 5.11. The zero-order valence-electron chi connectivity index (χ0n) is 12.0. The van der Waals surface area contributed by atoms with E-state index in [1.807, 2.05) is 20.8 Å². The van der Waals surface area contributed by atoms with Gasteiger partial charge in [-0.3, -0.25) is 0 Å². The van der Waals surface area contributed by atoms with Gasteiger partial charge in [-0.2, -0.15) is 0 Å². The van der Waals surface area contributed by atoms with E-state index in [4.69, 9.17) is 4.42 Å². The number of hydrogen-bond acceptors (Lipinski definition) is 1. The minimum Gasteiger partial charge on any atom is -0.469 e. The van der Waals surface area contributed by atoms with Gasteiger partial charge >= 0.3 is 0 Å². The highest BCUT2D eigenvalue weighted by Gasteiger charge is 1.91. The number of terminal acetylenes is 1. The van der Waals surface area contributed by atoms with Gasteiger partial charge in [0.2, 0.25) is 0 Å². The third kappa shape index (κ3) is 18.6. The van der Waals surface area contributed by atoms with Crippen LogP contribution in [0.1, 0.15) is 52.9 Å². The largest absolute Gasteiger partial charge is 0.469 e. The molecule has 1 aromatic rings. The van der Waals surface area contributed by atoms with Crippen molar-refractivity contribution in [2.24, 2.45) is 5.92 Å². The van der Waals surface area contributed by atoms with Crippen LogP contribution in [0.3, 0.4) is 0 Å². The minimum atomic E-state index is 0.833. The smallest absolute Gasteiger partial charge is 0.103 e. The molecule has 0 fully saturated rings. The second-order valence-electron chi connectivity index (χ2n) is 3.68. The Bertz CT molecular complexity index is 228. The summed E-state index contributed by atoms with van der Waals surface area (Å²) in [4.78, 5) is 0. The Hall–Kier alpha value is -1.16. The van der Waals surface area contributed by atoms with Gasteiger partial charge in [-0.15, -0.1) is 12.8 Å². The van der Waals surface area contributed by atoms with E-state index >= 15 is 0 Å². The maximum Gasteiger partial charge on any atom is 0.103 e. The van der Waals surface area contributed by atoms with E-state index in [0.29, 0.717) is 0 Å². The van der Waals surface area contributed by atoms with Crippen LogP contribution >= 0.6 is 0 Å². The molecule has 0 radical (unpaired) electrons. The zero-order valence-corrected chi connectivity index (χ0v) is 12.0. The molecule has 0 aromatic carbocycles. The van der Waals surface area contributed by atoms with Gasteiger partial charge < -0.3 is 4.42 Å². The summed E-state index contributed by atoms with van der Waals surface area (Å²) < 4.78 is 5.11. The van der Waals surface area contributed by atoms with Crippen LogP contribution in [0, 0.1) is 25.7 Å². The highest BCUT2D eigenvalue weighted by atomic mass is 16.3. The quantitative estimate of drug-likeness (QED) is 0.606. The first-order valence-corrected chi connectivity index (χ1v) is 5.93. The monoisotopic (exact) mass is 224 g/mol. The topological polar surface area (TPSA) is 13.1 Å². The Balaban J connectivity index is -0.000000181. The molecule has 0 N–H and O–H groups in total. The van der Waals surface area contributed by atoms with Crippen LogP contribution in [0.2, 0.25) is 0 Å². The normalized spacial score (nSPS) is 7.62. The van der Waals surface area contributed by atoms with Gasteiger partial charge in [0.15, 0.2) is 0 Å². The van der Waals surface area contributed by atoms with Crippen LogP contribution in [-0.2, 0) is 6.42 Å². The van der Waals surface area contributed by atoms with E-state index in [2.05, 4.69) is 46.6 Å². The Morgan fingerprint density at radius 3 is 1.69 bits per heavy atom. The lowest BCUT2D eigenvalue weighted by Crippen LogP contribution is -1.67. The second kappa shape index (κ2) is 16.3. The van der Waals surface area contributed by atoms with Gasteiger partial charge in [0.25, 0.3) is 0 Å². The molecule has 1 heterocycles. The molecule has 0 aliphatic carbocycles. The van der Waals surface area contributed by atoms with Gasteiger partial charge in [-0.1, -0.05) is 41.5 Å². The molecule has 1 rings (SSSR count). The molecule has 94 valence electrons. The Morgan fingerprint density at radius 2 is 1.56 bits per heavy atom. The van der Waals surface area contributed by atoms with Crippen molar-refractivity contribution in [2.75, 3.05) is 0 Å². The molecule has 1 heteroatoms. The van der Waals surface area contributed by atoms with Crippen molar-refractivity contribution in [1.29, 1.82) is 0 Å². The van der Waals surface area contributed by atoms with E-state index in [0.717, 1.165) is 18.1 Å². The van der Waals surface area contributed by atoms with Gasteiger partial charge in [-0.25, -0.2) is 0 Å². The molecule has 1 nitrogen and oxygen atoms in total. The first kappa shape index (κ1) is 20.3. The fraction of sp³-hybridized carbons (Fsp3) is 0.600. The molecule has 1 aromatic heterocycles. The van der Waals surface area contributed by atoms with Crippen LogP contribution in [0.15, 0.2) is 16.7 Å². The van der Waals surface area contributed by atoms with Crippen molar-refractivity contribution >= 4 is 0 Å². The summed E-state index contributed by atoms with van der Waals surface area (Å²) in [6, 6.07) is 2.06. The summed E-state index contributed by atoms with van der Waals surface area (Å²) in [7, 11) is 0. The molecule has 0 saturated carbocycles. The Labute approximate surface area is 102 Å². The van der Waals surface area contributed by atoms with E-state index in [-0.39, 0.29) is 0 Å². The van der Waals surface area contributed by atoms with Crippen LogP contribution in [0.25, 0.3) is 0 Å². The number of rotatable bonds is 1. The average molecular weight is 224 g/mol.